The molecule has 2 aromatic heterocycles. The van der Waals surface area contributed by atoms with Crippen LogP contribution in [0, 0.1) is 11.8 Å². The van der Waals surface area contributed by atoms with Crippen molar-refractivity contribution in [3.63, 3.8) is 0 Å². The number of amidine groups is 1. The van der Waals surface area contributed by atoms with Gasteiger partial charge >= 0.3 is 0 Å². The second-order valence-electron chi connectivity index (χ2n) is 18.4. The van der Waals surface area contributed by atoms with Crippen LogP contribution in [0.5, 0.6) is 0 Å². The minimum absolute atomic E-state index is 0.00696. The summed E-state index contributed by atoms with van der Waals surface area (Å²) in [5.41, 5.74) is 12.8. The number of nitrogens with zero attached hydrogens (tertiary/aromatic N) is 3. The topological polar surface area (TPSA) is 34.2 Å². The van der Waals surface area contributed by atoms with Gasteiger partial charge < -0.3 is 14.5 Å². The van der Waals surface area contributed by atoms with Crippen LogP contribution < -0.4 is 5.32 Å². The van der Waals surface area contributed by atoms with Gasteiger partial charge in [0.25, 0.3) is 0 Å². The SMILES string of the molecule is CC1C2C(c3cc(-n4c5ccccc5c5cc6c7cc8ccccc8cc7n(-c7ccccc7)c6cc54)cc4ccccc34)NC(c3ccccc3)=NC12c1cccc(-c2ccccc2)c1. The van der Waals surface area contributed by atoms with Crippen molar-refractivity contribution in [2.45, 2.75) is 18.5 Å². The number of aliphatic imine (C=N–C) groups is 1. The predicted octanol–water partition coefficient (Wildman–Crippen LogP) is 15.1. The van der Waals surface area contributed by atoms with E-state index in [0.717, 1.165) is 22.8 Å². The van der Waals surface area contributed by atoms with Crippen molar-refractivity contribution in [1.29, 1.82) is 0 Å². The highest BCUT2D eigenvalue weighted by molar-refractivity contribution is 6.21. The van der Waals surface area contributed by atoms with Crippen LogP contribution in [-0.4, -0.2) is 15.0 Å². The number of hydrogen-bond acceptors (Lipinski definition) is 2. The molecule has 2 aliphatic rings. The highest BCUT2D eigenvalue weighted by atomic mass is 15.2. The molecule has 1 saturated carbocycles. The molecule has 1 fully saturated rings. The van der Waals surface area contributed by atoms with Crippen LogP contribution >= 0.6 is 0 Å². The molecule has 0 radical (unpaired) electrons. The summed E-state index contributed by atoms with van der Waals surface area (Å²) in [7, 11) is 0. The highest BCUT2D eigenvalue weighted by Gasteiger charge is 2.68. The molecule has 4 heteroatoms. The van der Waals surface area contributed by atoms with Gasteiger partial charge in [0, 0.05) is 44.4 Å². The fraction of sp³-hybridized carbons (Fsp3) is 0.0806. The van der Waals surface area contributed by atoms with Gasteiger partial charge in [0.15, 0.2) is 0 Å². The molecule has 312 valence electrons. The molecule has 4 atom stereocenters. The minimum Gasteiger partial charge on any atom is -0.363 e. The van der Waals surface area contributed by atoms with E-state index in [1.54, 1.807) is 0 Å². The lowest BCUT2D eigenvalue weighted by atomic mass is 9.88. The molecule has 3 heterocycles. The normalized spacial score (nSPS) is 19.1. The third-order valence-electron chi connectivity index (χ3n) is 15.0. The summed E-state index contributed by atoms with van der Waals surface area (Å²) >= 11 is 0. The quantitative estimate of drug-likeness (QED) is 0.178. The number of benzene rings is 10. The van der Waals surface area contributed by atoms with Gasteiger partial charge in [0.1, 0.15) is 5.84 Å². The molecule has 4 nitrogen and oxygen atoms in total. The monoisotopic (exact) mass is 844 g/mol. The van der Waals surface area contributed by atoms with E-state index in [1.165, 1.54) is 87.4 Å². The molecule has 12 aromatic rings. The van der Waals surface area contributed by atoms with E-state index in [2.05, 4.69) is 246 Å². The fourth-order valence-corrected chi connectivity index (χ4v) is 11.9. The maximum atomic E-state index is 5.75. The van der Waals surface area contributed by atoms with Crippen molar-refractivity contribution in [2.75, 3.05) is 0 Å². The Morgan fingerprint density at radius 3 is 1.76 bits per heavy atom. The number of fused-ring (bicyclic) bond motifs is 9. The molecule has 0 saturated heterocycles. The van der Waals surface area contributed by atoms with Crippen molar-refractivity contribution >= 4 is 71.0 Å². The minimum atomic E-state index is -0.392. The van der Waals surface area contributed by atoms with E-state index < -0.39 is 5.54 Å². The van der Waals surface area contributed by atoms with Crippen LogP contribution in [0.3, 0.4) is 0 Å². The lowest BCUT2D eigenvalue weighted by Crippen LogP contribution is -2.38. The molecule has 10 aromatic carbocycles. The summed E-state index contributed by atoms with van der Waals surface area (Å²) < 4.78 is 4.98. The molecule has 1 aliphatic heterocycles. The Morgan fingerprint density at radius 1 is 0.409 bits per heavy atom. The maximum Gasteiger partial charge on any atom is 0.129 e. The van der Waals surface area contributed by atoms with Crippen LogP contribution in [0.15, 0.2) is 229 Å². The lowest BCUT2D eigenvalue weighted by molar-refractivity contribution is 0.473. The standard InChI is InChI=1S/C62H44N4/c1-39-59-60(63-61(41-20-7-3-8-21-41)64-62(39,59)46-26-17-25-42(32-46)40-18-5-2-6-19-40)54-36-48(33-45-24-13-14-29-49(45)54)66-55-31-16-15-30-50(55)52-37-53-51-34-43-22-11-12-23-44(43)35-56(51)65(58(53)38-57(52)66)47-27-9-4-10-28-47/h2-39,59-60H,1H3,(H,63,64). The zero-order chi connectivity index (χ0) is 43.5. The first-order valence-electron chi connectivity index (χ1n) is 23.2. The zero-order valence-electron chi connectivity index (χ0n) is 36.4. The van der Waals surface area contributed by atoms with Gasteiger partial charge in [0.05, 0.1) is 33.6 Å². The molecule has 66 heavy (non-hydrogen) atoms. The van der Waals surface area contributed by atoms with Gasteiger partial charge in [-0.05, 0) is 110 Å². The Labute approximate surface area is 382 Å². The third-order valence-corrected chi connectivity index (χ3v) is 15.0. The van der Waals surface area contributed by atoms with Crippen LogP contribution in [0.25, 0.3) is 87.7 Å². The van der Waals surface area contributed by atoms with Gasteiger partial charge in [-0.2, -0.15) is 0 Å². The molecule has 0 amide bonds. The van der Waals surface area contributed by atoms with Crippen molar-refractivity contribution in [1.82, 2.24) is 14.5 Å². The van der Waals surface area contributed by atoms with Crippen LogP contribution in [-0.2, 0) is 5.54 Å². The smallest absolute Gasteiger partial charge is 0.129 e. The Balaban J connectivity index is 1.01. The van der Waals surface area contributed by atoms with Crippen molar-refractivity contribution in [3.05, 3.63) is 241 Å². The molecule has 1 aliphatic carbocycles. The molecule has 0 bridgehead atoms. The predicted molar refractivity (Wildman–Crippen MR) is 275 cm³/mol. The number of nitrogens with one attached hydrogen (secondary N) is 1. The number of aromatic nitrogens is 2. The van der Waals surface area contributed by atoms with Gasteiger partial charge in [0.2, 0.25) is 0 Å². The first-order valence-corrected chi connectivity index (χ1v) is 23.2. The van der Waals surface area contributed by atoms with Gasteiger partial charge in [-0.25, -0.2) is 0 Å². The highest BCUT2D eigenvalue weighted by Crippen LogP contribution is 2.67. The Hall–Kier alpha value is -8.21. The van der Waals surface area contributed by atoms with Crippen LogP contribution in [0.4, 0.5) is 0 Å². The average Bonchev–Trinajstić information content (AvgIpc) is 3.70. The van der Waals surface area contributed by atoms with Crippen molar-refractivity contribution < 1.29 is 0 Å². The number of para-hydroxylation sites is 2. The molecule has 14 rings (SSSR count). The summed E-state index contributed by atoms with van der Waals surface area (Å²) in [6.45, 7) is 2.41. The number of hydrogen-bond donors (Lipinski definition) is 1. The maximum absolute atomic E-state index is 5.75. The Kier molecular flexibility index (Phi) is 7.97. The largest absolute Gasteiger partial charge is 0.363 e. The fourth-order valence-electron chi connectivity index (χ4n) is 11.9. The van der Waals surface area contributed by atoms with E-state index in [4.69, 9.17) is 4.99 Å². The van der Waals surface area contributed by atoms with Crippen molar-refractivity contribution in [3.8, 4) is 22.5 Å². The summed E-state index contributed by atoms with van der Waals surface area (Å²) in [4.78, 5) is 5.75. The van der Waals surface area contributed by atoms with Gasteiger partial charge in [-0.15, -0.1) is 0 Å². The molecular formula is C62H44N4. The van der Waals surface area contributed by atoms with E-state index >= 15 is 0 Å². The molecule has 0 spiro atoms. The number of rotatable bonds is 6. The summed E-state index contributed by atoms with van der Waals surface area (Å²) in [6.07, 6.45) is 0. The van der Waals surface area contributed by atoms with E-state index in [1.807, 2.05) is 0 Å². The van der Waals surface area contributed by atoms with Gasteiger partial charge in [-0.1, -0.05) is 171 Å². The van der Waals surface area contributed by atoms with Crippen molar-refractivity contribution in [2.24, 2.45) is 16.8 Å². The van der Waals surface area contributed by atoms with Gasteiger partial charge in [-0.3, -0.25) is 4.99 Å². The second-order valence-corrected chi connectivity index (χ2v) is 18.4. The summed E-state index contributed by atoms with van der Waals surface area (Å²) in [5.74, 6) is 1.47. The average molecular weight is 845 g/mol. The van der Waals surface area contributed by atoms with E-state index in [-0.39, 0.29) is 12.0 Å². The van der Waals surface area contributed by atoms with Crippen LogP contribution in [0.1, 0.15) is 29.7 Å². The first-order chi connectivity index (χ1) is 32.6. The van der Waals surface area contributed by atoms with E-state index in [9.17, 15) is 0 Å². The molecule has 4 unspecified atom stereocenters. The Morgan fingerprint density at radius 2 is 0.985 bits per heavy atom. The lowest BCUT2D eigenvalue weighted by Gasteiger charge is -2.31. The first kappa shape index (κ1) is 37.2. The third kappa shape index (κ3) is 5.42. The summed E-state index contributed by atoms with van der Waals surface area (Å²) in [6, 6.07) is 82.6. The van der Waals surface area contributed by atoms with Crippen LogP contribution in [0.2, 0.25) is 0 Å². The molecule has 1 N–H and O–H groups in total. The molecular weight excluding hydrogens is 801 g/mol. The Bertz CT molecular complexity index is 3940. The second kappa shape index (κ2) is 14.1. The summed E-state index contributed by atoms with van der Waals surface area (Å²) in [5, 5.41) is 14.1. The van der Waals surface area contributed by atoms with E-state index in [0.29, 0.717) is 5.92 Å². The zero-order valence-corrected chi connectivity index (χ0v) is 36.4.